The first-order valence-corrected chi connectivity index (χ1v) is 12.0. The molecule has 0 bridgehead atoms. The molecular formula is C25H38N8O2. The zero-order valence-corrected chi connectivity index (χ0v) is 20.6. The van der Waals surface area contributed by atoms with Gasteiger partial charge in [0, 0.05) is 68.2 Å². The molecule has 10 heteroatoms. The quantitative estimate of drug-likeness (QED) is 0.137. The fourth-order valence-corrected chi connectivity index (χ4v) is 3.72. The first-order chi connectivity index (χ1) is 17.0. The molecule has 0 aromatic carbocycles. The number of aliphatic imine (C=N–C) groups is 1. The van der Waals surface area contributed by atoms with Crippen molar-refractivity contribution in [3.05, 3.63) is 59.7 Å². The lowest BCUT2D eigenvalue weighted by molar-refractivity contribution is 0.0377. The van der Waals surface area contributed by atoms with Crippen LogP contribution in [0.25, 0.3) is 11.6 Å². The predicted octanol–water partition coefficient (Wildman–Crippen LogP) is 1.55. The number of nitrogens with one attached hydrogen (secondary N) is 2. The third-order valence-electron chi connectivity index (χ3n) is 5.44. The molecule has 1 atom stereocenters. The maximum Gasteiger partial charge on any atom is 0.138 e. The molecule has 1 aromatic heterocycles. The number of aromatic nitrogens is 1. The molecule has 2 aliphatic heterocycles. The molecule has 1 fully saturated rings. The molecule has 2 aliphatic rings. The van der Waals surface area contributed by atoms with Crippen molar-refractivity contribution < 1.29 is 9.47 Å². The number of anilines is 1. The minimum atomic E-state index is -0.229. The number of hydrogen-bond donors (Lipinski definition) is 5. The van der Waals surface area contributed by atoms with Gasteiger partial charge in [0.2, 0.25) is 0 Å². The maximum absolute atomic E-state index is 6.14. The minimum absolute atomic E-state index is 0.00368. The van der Waals surface area contributed by atoms with Gasteiger partial charge in [-0.15, -0.1) is 0 Å². The Morgan fingerprint density at radius 1 is 1.34 bits per heavy atom. The van der Waals surface area contributed by atoms with Crippen molar-refractivity contribution in [3.8, 4) is 0 Å². The van der Waals surface area contributed by atoms with Crippen LogP contribution in [0.15, 0.2) is 53.4 Å². The van der Waals surface area contributed by atoms with E-state index < -0.39 is 0 Å². The van der Waals surface area contributed by atoms with Crippen molar-refractivity contribution in [2.45, 2.75) is 32.5 Å². The number of hydrogen-bond acceptors (Lipinski definition) is 10. The van der Waals surface area contributed by atoms with Crippen LogP contribution in [0.3, 0.4) is 0 Å². The Labute approximate surface area is 207 Å². The summed E-state index contributed by atoms with van der Waals surface area (Å²) in [6, 6.07) is 2.01. The van der Waals surface area contributed by atoms with Gasteiger partial charge in [0.25, 0.3) is 0 Å². The molecule has 190 valence electrons. The normalized spacial score (nSPS) is 19.6. The Morgan fingerprint density at radius 2 is 2.14 bits per heavy atom. The number of fused-ring (bicyclic) bond motifs is 1. The van der Waals surface area contributed by atoms with Crippen LogP contribution in [0.4, 0.5) is 5.69 Å². The number of pyridine rings is 1. The smallest absolute Gasteiger partial charge is 0.138 e. The lowest BCUT2D eigenvalue weighted by Gasteiger charge is -2.26. The van der Waals surface area contributed by atoms with Gasteiger partial charge in [0.15, 0.2) is 0 Å². The van der Waals surface area contributed by atoms with Gasteiger partial charge in [0.1, 0.15) is 17.7 Å². The largest absolute Gasteiger partial charge is 0.489 e. The summed E-state index contributed by atoms with van der Waals surface area (Å²) in [7, 11) is 0. The van der Waals surface area contributed by atoms with Crippen LogP contribution in [0, 0.1) is 0 Å². The Kier molecular flexibility index (Phi) is 10.00. The highest BCUT2D eigenvalue weighted by Gasteiger charge is 2.15. The second-order valence-corrected chi connectivity index (χ2v) is 8.58. The maximum atomic E-state index is 6.14. The molecule has 10 nitrogen and oxygen atoms in total. The van der Waals surface area contributed by atoms with Crippen LogP contribution >= 0.6 is 0 Å². The van der Waals surface area contributed by atoms with Crippen LogP contribution in [0.2, 0.25) is 0 Å². The molecule has 1 saturated heterocycles. The zero-order chi connectivity index (χ0) is 25.0. The molecule has 0 amide bonds. The van der Waals surface area contributed by atoms with Crippen molar-refractivity contribution in [2.75, 3.05) is 44.7 Å². The average Bonchev–Trinajstić information content (AvgIpc) is 2.85. The minimum Gasteiger partial charge on any atom is -0.489 e. The van der Waals surface area contributed by atoms with Crippen LogP contribution in [-0.2, 0) is 9.47 Å². The number of ether oxygens (including phenoxy) is 2. The standard InChI is InChI=1S/C25H38N8O2/c1-18(2)35-21(15-27)13-24(28)32-25-5-4-22-23(31-25)12-19(17-30-22)20(14-26)16-29-6-3-7-33-8-10-34-11-9-33/h4-5,12-18,25,31-32H,3,6-11,26-28H2,1-2H3/b20-14?,21-15+,24-13+,29-16?. The topological polar surface area (TPSA) is 149 Å². The Balaban J connectivity index is 1.56. The molecular weight excluding hydrogens is 444 g/mol. The van der Waals surface area contributed by atoms with Gasteiger partial charge in [-0.05, 0) is 38.5 Å². The summed E-state index contributed by atoms with van der Waals surface area (Å²) in [5.41, 5.74) is 21.1. The second-order valence-electron chi connectivity index (χ2n) is 8.58. The summed E-state index contributed by atoms with van der Waals surface area (Å²) >= 11 is 0. The number of allylic oxidation sites excluding steroid dienone is 2. The Bertz CT molecular complexity index is 978. The third-order valence-corrected chi connectivity index (χ3v) is 5.44. The number of nitrogens with two attached hydrogens (primary N) is 3. The molecule has 3 heterocycles. The van der Waals surface area contributed by atoms with Gasteiger partial charge in [0.05, 0.1) is 30.7 Å². The number of morpholine rings is 1. The summed E-state index contributed by atoms with van der Waals surface area (Å²) in [5, 5.41) is 6.59. The molecule has 0 aliphatic carbocycles. The van der Waals surface area contributed by atoms with E-state index in [-0.39, 0.29) is 12.3 Å². The fourth-order valence-electron chi connectivity index (χ4n) is 3.72. The fraction of sp³-hybridized carbons (Fsp3) is 0.440. The van der Waals surface area contributed by atoms with Gasteiger partial charge in [-0.2, -0.15) is 0 Å². The van der Waals surface area contributed by atoms with E-state index >= 15 is 0 Å². The van der Waals surface area contributed by atoms with Gasteiger partial charge in [-0.25, -0.2) is 0 Å². The van der Waals surface area contributed by atoms with Crippen molar-refractivity contribution >= 4 is 23.6 Å². The van der Waals surface area contributed by atoms with Crippen LogP contribution in [0.1, 0.15) is 31.5 Å². The SMILES string of the molecule is CC(C)OC(/C=C(\N)NC1C=Cc2ncc(C(C=NCCCN3CCOCC3)=CN)cc2N1)=C/N. The van der Waals surface area contributed by atoms with E-state index in [9.17, 15) is 0 Å². The summed E-state index contributed by atoms with van der Waals surface area (Å²) in [6.07, 6.45) is 12.9. The lowest BCUT2D eigenvalue weighted by Crippen LogP contribution is -2.38. The second kappa shape index (κ2) is 13.4. The van der Waals surface area contributed by atoms with E-state index in [1.165, 1.54) is 6.20 Å². The van der Waals surface area contributed by atoms with Gasteiger partial charge in [-0.3, -0.25) is 14.9 Å². The highest BCUT2D eigenvalue weighted by Crippen LogP contribution is 2.24. The van der Waals surface area contributed by atoms with Crippen molar-refractivity contribution in [1.82, 2.24) is 15.2 Å². The summed E-state index contributed by atoms with van der Waals surface area (Å²) < 4.78 is 11.0. The van der Waals surface area contributed by atoms with E-state index in [2.05, 4.69) is 25.5 Å². The molecule has 8 N–H and O–H groups in total. The first kappa shape index (κ1) is 26.1. The van der Waals surface area contributed by atoms with Crippen LogP contribution in [-0.4, -0.2) is 67.8 Å². The Morgan fingerprint density at radius 3 is 2.86 bits per heavy atom. The van der Waals surface area contributed by atoms with Gasteiger partial charge < -0.3 is 37.3 Å². The molecule has 1 unspecified atom stereocenters. The summed E-state index contributed by atoms with van der Waals surface area (Å²) in [6.45, 7) is 9.23. The predicted molar refractivity (Wildman–Crippen MR) is 142 cm³/mol. The number of rotatable bonds is 11. The highest BCUT2D eigenvalue weighted by molar-refractivity contribution is 6.09. The Hall–Kier alpha value is -3.50. The molecule has 0 radical (unpaired) electrons. The van der Waals surface area contributed by atoms with Crippen molar-refractivity contribution in [2.24, 2.45) is 22.2 Å². The van der Waals surface area contributed by atoms with E-state index in [0.717, 1.165) is 68.3 Å². The molecule has 35 heavy (non-hydrogen) atoms. The first-order valence-electron chi connectivity index (χ1n) is 12.0. The summed E-state index contributed by atoms with van der Waals surface area (Å²) in [4.78, 5) is 11.5. The molecule has 0 saturated carbocycles. The monoisotopic (exact) mass is 482 g/mol. The van der Waals surface area contributed by atoms with Gasteiger partial charge in [-0.1, -0.05) is 0 Å². The van der Waals surface area contributed by atoms with Crippen molar-refractivity contribution in [1.29, 1.82) is 0 Å². The average molecular weight is 483 g/mol. The molecule has 0 spiro atoms. The van der Waals surface area contributed by atoms with E-state index in [0.29, 0.717) is 11.6 Å². The molecule has 1 aromatic rings. The van der Waals surface area contributed by atoms with E-state index in [4.69, 9.17) is 26.7 Å². The van der Waals surface area contributed by atoms with Crippen LogP contribution in [0.5, 0.6) is 0 Å². The summed E-state index contributed by atoms with van der Waals surface area (Å²) in [5.74, 6) is 0.917. The van der Waals surface area contributed by atoms with Gasteiger partial charge >= 0.3 is 0 Å². The lowest BCUT2D eigenvalue weighted by atomic mass is 10.1. The van der Waals surface area contributed by atoms with Crippen molar-refractivity contribution in [3.63, 3.8) is 0 Å². The van der Waals surface area contributed by atoms with E-state index in [1.807, 2.05) is 38.3 Å². The third kappa shape index (κ3) is 8.34. The van der Waals surface area contributed by atoms with E-state index in [1.54, 1.807) is 18.5 Å². The number of nitrogens with zero attached hydrogens (tertiary/aromatic N) is 3. The zero-order valence-electron chi connectivity index (χ0n) is 20.6. The highest BCUT2D eigenvalue weighted by atomic mass is 16.5. The van der Waals surface area contributed by atoms with Crippen LogP contribution < -0.4 is 27.8 Å². The molecule has 3 rings (SSSR count).